The molecular formula is C14H14FeO. The van der Waals surface area contributed by atoms with Gasteiger partial charge in [-0.1, -0.05) is 0 Å². The van der Waals surface area contributed by atoms with E-state index in [2.05, 4.69) is 12.7 Å². The van der Waals surface area contributed by atoms with Crippen LogP contribution in [-0.2, 0) is 11.3 Å². The van der Waals surface area contributed by atoms with Crippen molar-refractivity contribution in [3.63, 3.8) is 0 Å². The summed E-state index contributed by atoms with van der Waals surface area (Å²) in [7, 11) is 0. The second-order valence-electron chi connectivity index (χ2n) is 10.6. The maximum atomic E-state index is 12.6. The molecule has 10 heterocycles. The number of fused-ring (bicyclic) bond motifs is 10. The van der Waals surface area contributed by atoms with Crippen LogP contribution in [0.5, 0.6) is 0 Å². The molecule has 2 heteroatoms. The summed E-state index contributed by atoms with van der Waals surface area (Å²) in [6, 6.07) is 0. The summed E-state index contributed by atoms with van der Waals surface area (Å²) in [5.41, 5.74) is 0. The van der Waals surface area contributed by atoms with E-state index in [0.29, 0.717) is 14.4 Å². The number of rotatable bonds is 2. The van der Waals surface area contributed by atoms with Gasteiger partial charge in [0.2, 0.25) is 0 Å². The van der Waals surface area contributed by atoms with Crippen LogP contribution in [0.1, 0.15) is 6.92 Å². The Hall–Kier alpha value is -0.0705. The first-order chi connectivity index (χ1) is 7.44. The van der Waals surface area contributed by atoms with Crippen molar-refractivity contribution in [2.75, 3.05) is 0 Å². The zero-order valence-corrected chi connectivity index (χ0v) is 10.3. The van der Waals surface area contributed by atoms with Crippen molar-refractivity contribution in [1.29, 1.82) is 0 Å². The normalized spacial score (nSPS) is 130. The SMILES string of the molecule is C=C[C]12[CH]3[CH]4[CH]5[C]1(C(C)=O)[Fe]43521678[CH]2[CH]1[CH]6[CH]7[CH]28. The summed E-state index contributed by atoms with van der Waals surface area (Å²) in [5, 5.41) is 0. The Morgan fingerprint density at radius 3 is 1.88 bits per heavy atom. The van der Waals surface area contributed by atoms with Gasteiger partial charge in [-0.2, -0.15) is 0 Å². The first kappa shape index (κ1) is 5.71. The van der Waals surface area contributed by atoms with E-state index in [1.165, 1.54) is 33.7 Å². The molecule has 0 N–H and O–H groups in total. The molecule has 0 aliphatic carbocycles. The molecule has 1 nitrogen and oxygen atoms in total. The van der Waals surface area contributed by atoms with Crippen LogP contribution in [0.4, 0.5) is 0 Å². The molecule has 0 radical (unpaired) electrons. The average molecular weight is 254 g/mol. The Labute approximate surface area is 83.9 Å². The molecule has 0 aromatic rings. The van der Waals surface area contributed by atoms with Crippen LogP contribution in [0.15, 0.2) is 12.7 Å². The van der Waals surface area contributed by atoms with Gasteiger partial charge in [0.25, 0.3) is 0 Å². The van der Waals surface area contributed by atoms with Gasteiger partial charge >= 0.3 is 83.8 Å². The number of hydrogen-bond donors (Lipinski definition) is 0. The summed E-state index contributed by atoms with van der Waals surface area (Å²) in [4.78, 5) is 22.2. The van der Waals surface area contributed by atoms with Crippen molar-refractivity contribution in [3.8, 4) is 0 Å². The average Bonchev–Trinajstić information content (AvgIpc) is 3.21. The van der Waals surface area contributed by atoms with Gasteiger partial charge in [0.15, 0.2) is 0 Å². The molecule has 0 saturated carbocycles. The van der Waals surface area contributed by atoms with Gasteiger partial charge in [-0.25, -0.2) is 0 Å². The fraction of sp³-hybridized carbons (Fsp3) is 0.786. The number of allylic oxidation sites excluding steroid dienone is 1. The summed E-state index contributed by atoms with van der Waals surface area (Å²) < 4.78 is 0.950. The maximum absolute atomic E-state index is 12.6. The predicted octanol–water partition coefficient (Wildman–Crippen LogP) is 3.89. The van der Waals surface area contributed by atoms with Crippen molar-refractivity contribution in [1.82, 2.24) is 0 Å². The van der Waals surface area contributed by atoms with Gasteiger partial charge < -0.3 is 0 Å². The van der Waals surface area contributed by atoms with E-state index in [1.807, 2.05) is 6.92 Å². The minimum atomic E-state index is -3.28. The fourth-order valence-electron chi connectivity index (χ4n) is 18.3. The molecule has 10 rings (SSSR count). The van der Waals surface area contributed by atoms with Crippen molar-refractivity contribution >= 4 is 5.78 Å². The second-order valence-corrected chi connectivity index (χ2v) is 33.8. The van der Waals surface area contributed by atoms with Crippen molar-refractivity contribution in [2.24, 2.45) is 0 Å². The van der Waals surface area contributed by atoms with Gasteiger partial charge in [0.1, 0.15) is 0 Å². The van der Waals surface area contributed by atoms with Gasteiger partial charge in [0, 0.05) is 0 Å². The third kappa shape index (κ3) is 0.0418. The zero-order valence-electron chi connectivity index (χ0n) is 9.17. The Morgan fingerprint density at radius 2 is 1.69 bits per heavy atom. The zero-order chi connectivity index (χ0) is 10.2. The number of Topliss-reactive ketones (excluding diaryl/α,β-unsaturated/α-hetero) is 1. The summed E-state index contributed by atoms with van der Waals surface area (Å²) >= 11 is 0. The Morgan fingerprint density at radius 1 is 1.12 bits per heavy atom. The molecule has 0 aromatic carbocycles. The molecule has 84 valence electrons. The van der Waals surface area contributed by atoms with Gasteiger partial charge in [-0.05, 0) is 0 Å². The number of carbonyl (C=O) groups is 1. The van der Waals surface area contributed by atoms with Crippen molar-refractivity contribution < 1.29 is 11.3 Å². The number of carbonyl (C=O) groups excluding carboxylic acids is 1. The quantitative estimate of drug-likeness (QED) is 0.539. The molecule has 10 aliphatic rings. The first-order valence-corrected chi connectivity index (χ1v) is 13.0. The van der Waals surface area contributed by atoms with Gasteiger partial charge in [-0.15, -0.1) is 0 Å². The summed E-state index contributed by atoms with van der Waals surface area (Å²) in [6.07, 6.45) is 2.40. The molecule has 5 unspecified atom stereocenters. The standard InChI is InChI=1S/C9H9O.C5H5.Fe/c1-3-8-5-4-6-9(8)7(2)10;1-2-4-5-3-1;/h3-6H,1H2,2H3;1-5H;. The topological polar surface area (TPSA) is 17.1 Å². The Bertz CT molecular complexity index is 1010. The molecule has 1 spiro atoms. The van der Waals surface area contributed by atoms with E-state index in [9.17, 15) is 4.79 Å². The van der Waals surface area contributed by atoms with Crippen molar-refractivity contribution in [2.45, 2.75) is 54.1 Å². The predicted molar refractivity (Wildman–Crippen MR) is 56.3 cm³/mol. The van der Waals surface area contributed by atoms with Crippen LogP contribution in [0, 0.1) is 0 Å². The van der Waals surface area contributed by atoms with E-state index in [1.54, 1.807) is 0 Å². The first-order valence-electron chi connectivity index (χ1n) is 6.80. The molecule has 0 bridgehead atoms. The van der Waals surface area contributed by atoms with Crippen LogP contribution < -0.4 is 0 Å². The van der Waals surface area contributed by atoms with Gasteiger partial charge in [-0.3, -0.25) is 0 Å². The fourth-order valence-corrected chi connectivity index (χ4v) is 94.5. The van der Waals surface area contributed by atoms with E-state index in [0.717, 1.165) is 4.82 Å². The molecule has 0 amide bonds. The van der Waals surface area contributed by atoms with Crippen LogP contribution >= 0.6 is 0 Å². The van der Waals surface area contributed by atoms with E-state index in [-0.39, 0.29) is 0 Å². The van der Waals surface area contributed by atoms with Crippen LogP contribution in [-0.4, -0.2) is 5.78 Å². The number of hydrogen-bond acceptors (Lipinski definition) is 1. The Kier molecular flexibility index (Phi) is 0.143. The molecule has 16 heavy (non-hydrogen) atoms. The molecule has 10 fully saturated rings. The third-order valence-corrected chi connectivity index (χ3v) is 58.8. The molecule has 10 saturated heterocycles. The van der Waals surface area contributed by atoms with Gasteiger partial charge in [0.05, 0.1) is 0 Å². The second kappa shape index (κ2) is 0.402. The van der Waals surface area contributed by atoms with Crippen LogP contribution in [0.2, 0.25) is 47.2 Å². The van der Waals surface area contributed by atoms with E-state index < -0.39 is 6.51 Å². The summed E-state index contributed by atoms with van der Waals surface area (Å²) in [6.45, 7) is 2.95. The molecular weight excluding hydrogens is 240 g/mol. The Balaban J connectivity index is 1.89. The summed E-state index contributed by atoms with van der Waals surface area (Å²) in [5.74, 6) is 0.661. The molecule has 0 aromatic heterocycles. The number of ketones is 1. The molecule has 5 atom stereocenters. The minimum absolute atomic E-state index is 0.383. The van der Waals surface area contributed by atoms with E-state index >= 15 is 0 Å². The van der Waals surface area contributed by atoms with Crippen LogP contribution in [0.25, 0.3) is 0 Å². The molecule has 10 aliphatic heterocycles. The van der Waals surface area contributed by atoms with Crippen LogP contribution in [0.3, 0.4) is 0 Å². The van der Waals surface area contributed by atoms with E-state index in [4.69, 9.17) is 0 Å². The van der Waals surface area contributed by atoms with Crippen molar-refractivity contribution in [3.05, 3.63) is 12.7 Å². The third-order valence-electron chi connectivity index (χ3n) is 15.8. The monoisotopic (exact) mass is 254 g/mol.